The molecule has 0 unspecified atom stereocenters. The first-order chi connectivity index (χ1) is 28.8. The zero-order chi connectivity index (χ0) is 37.6. The summed E-state index contributed by atoms with van der Waals surface area (Å²) in [5.41, 5.74) is 14.2. The van der Waals surface area contributed by atoms with Gasteiger partial charge < -0.3 is 8.82 Å². The molecule has 6 heterocycles. The lowest BCUT2D eigenvalue weighted by Gasteiger charge is -2.11. The van der Waals surface area contributed by atoms with E-state index in [0.29, 0.717) is 5.95 Å². The van der Waals surface area contributed by atoms with Gasteiger partial charge in [-0.15, -0.1) is 11.3 Å². The molecule has 0 saturated heterocycles. The third kappa shape index (κ3) is 3.94. The van der Waals surface area contributed by atoms with Crippen LogP contribution in [-0.2, 0) is 0 Å². The lowest BCUT2D eigenvalue weighted by molar-refractivity contribution is 0.669. The molecule has 14 rings (SSSR count). The quantitative estimate of drug-likeness (QED) is 0.180. The van der Waals surface area contributed by atoms with Crippen LogP contribution in [0.25, 0.3) is 131 Å². The Morgan fingerprint density at radius 1 is 0.414 bits per heavy atom. The van der Waals surface area contributed by atoms with Gasteiger partial charge in [0.25, 0.3) is 0 Å². The maximum absolute atomic E-state index is 6.64. The number of aromatic nitrogens is 4. The van der Waals surface area contributed by atoms with E-state index >= 15 is 0 Å². The van der Waals surface area contributed by atoms with Crippen LogP contribution in [0.2, 0.25) is 0 Å². The molecule has 0 aliphatic rings. The minimum absolute atomic E-state index is 0.654. The first-order valence-electron chi connectivity index (χ1n) is 19.6. The second kappa shape index (κ2) is 11.1. The van der Waals surface area contributed by atoms with Crippen LogP contribution in [0.5, 0.6) is 0 Å². The summed E-state index contributed by atoms with van der Waals surface area (Å²) in [7, 11) is 0. The normalized spacial score (nSPS) is 12.5. The molecule has 0 bridgehead atoms. The van der Waals surface area contributed by atoms with Crippen molar-refractivity contribution in [1.82, 2.24) is 18.9 Å². The average molecular weight is 757 g/mol. The van der Waals surface area contributed by atoms with Crippen molar-refractivity contribution in [3.8, 4) is 39.5 Å². The van der Waals surface area contributed by atoms with Gasteiger partial charge in [-0.3, -0.25) is 4.57 Å². The molecule has 0 saturated carbocycles. The van der Waals surface area contributed by atoms with Gasteiger partial charge in [0.2, 0.25) is 5.95 Å². The summed E-state index contributed by atoms with van der Waals surface area (Å²) in [6.45, 7) is 0. The molecule has 0 aliphatic carbocycles. The van der Waals surface area contributed by atoms with Crippen LogP contribution < -0.4 is 0 Å². The van der Waals surface area contributed by atoms with Gasteiger partial charge in [0.05, 0.1) is 38.7 Å². The Morgan fingerprint density at radius 2 is 1.07 bits per heavy atom. The summed E-state index contributed by atoms with van der Waals surface area (Å²) in [4.78, 5) is 12.0. The minimum Gasteiger partial charge on any atom is -0.456 e. The molecule has 0 radical (unpaired) electrons. The fourth-order valence-corrected chi connectivity index (χ4v) is 10.9. The van der Waals surface area contributed by atoms with Gasteiger partial charge in [-0.25, -0.2) is 9.97 Å². The minimum atomic E-state index is 0.654. The summed E-state index contributed by atoms with van der Waals surface area (Å²) in [6.07, 6.45) is 0. The van der Waals surface area contributed by atoms with Crippen LogP contribution in [0.1, 0.15) is 0 Å². The van der Waals surface area contributed by atoms with Crippen LogP contribution in [0.3, 0.4) is 0 Å². The second-order valence-electron chi connectivity index (χ2n) is 15.3. The van der Waals surface area contributed by atoms with Gasteiger partial charge >= 0.3 is 0 Å². The fraction of sp³-hybridized carbons (Fsp3) is 0. The lowest BCUT2D eigenvalue weighted by Crippen LogP contribution is -2.02. The number of rotatable bonds is 4. The van der Waals surface area contributed by atoms with E-state index < -0.39 is 0 Å². The largest absolute Gasteiger partial charge is 0.456 e. The molecular weight excluding hydrogens is 729 g/mol. The lowest BCUT2D eigenvalue weighted by atomic mass is 9.97. The van der Waals surface area contributed by atoms with E-state index in [4.69, 9.17) is 14.4 Å². The topological polar surface area (TPSA) is 48.3 Å². The number of benzene rings is 8. The van der Waals surface area contributed by atoms with E-state index in [1.54, 1.807) is 11.3 Å². The van der Waals surface area contributed by atoms with Crippen LogP contribution >= 0.6 is 11.3 Å². The van der Waals surface area contributed by atoms with Gasteiger partial charge in [0, 0.05) is 48.0 Å². The molecule has 14 aromatic rings. The molecule has 0 fully saturated rings. The van der Waals surface area contributed by atoms with Crippen molar-refractivity contribution in [2.45, 2.75) is 0 Å². The van der Waals surface area contributed by atoms with Crippen molar-refractivity contribution in [1.29, 1.82) is 0 Å². The molecular formula is C52H28N4OS. The Balaban J connectivity index is 1.05. The monoisotopic (exact) mass is 756 g/mol. The van der Waals surface area contributed by atoms with E-state index in [1.807, 2.05) is 0 Å². The molecule has 6 heteroatoms. The highest BCUT2D eigenvalue weighted by molar-refractivity contribution is 7.25. The third-order valence-electron chi connectivity index (χ3n) is 12.3. The Bertz CT molecular complexity index is 3960. The molecule has 0 spiro atoms. The van der Waals surface area contributed by atoms with Gasteiger partial charge in [-0.05, 0) is 76.9 Å². The number of furan rings is 1. The van der Waals surface area contributed by atoms with Crippen LogP contribution in [-0.4, -0.2) is 18.9 Å². The Hall–Kier alpha value is -7.54. The molecule has 58 heavy (non-hydrogen) atoms. The van der Waals surface area contributed by atoms with Gasteiger partial charge in [-0.2, -0.15) is 0 Å². The molecule has 0 amide bonds. The SMILES string of the molecule is c1ccc(-c2cccc(-c3ccc(-c4nc(-n5c6ccc7oc8ccc9c%10ccccc%10n%10c%11cccc5c%11c6c7c8c9%10)nc5sc6ccccc6c45)cc3)c2)cc1. The van der Waals surface area contributed by atoms with Crippen molar-refractivity contribution < 1.29 is 4.42 Å². The van der Waals surface area contributed by atoms with Crippen molar-refractivity contribution in [2.75, 3.05) is 0 Å². The van der Waals surface area contributed by atoms with Crippen molar-refractivity contribution in [3.05, 3.63) is 170 Å². The maximum Gasteiger partial charge on any atom is 0.236 e. The number of nitrogens with zero attached hydrogens (tertiary/aromatic N) is 4. The smallest absolute Gasteiger partial charge is 0.236 e. The molecule has 0 atom stereocenters. The zero-order valence-electron chi connectivity index (χ0n) is 30.8. The number of fused-ring (bicyclic) bond motifs is 7. The van der Waals surface area contributed by atoms with Crippen molar-refractivity contribution >= 4 is 103 Å². The second-order valence-corrected chi connectivity index (χ2v) is 16.3. The van der Waals surface area contributed by atoms with E-state index in [1.165, 1.54) is 59.4 Å². The Morgan fingerprint density at radius 3 is 1.95 bits per heavy atom. The fourth-order valence-electron chi connectivity index (χ4n) is 9.83. The first kappa shape index (κ1) is 30.7. The average Bonchev–Trinajstić information content (AvgIpc) is 4.01. The predicted octanol–water partition coefficient (Wildman–Crippen LogP) is 14.3. The highest BCUT2D eigenvalue weighted by atomic mass is 32.1. The van der Waals surface area contributed by atoms with Crippen LogP contribution in [0.15, 0.2) is 174 Å². The molecule has 0 aliphatic heterocycles. The van der Waals surface area contributed by atoms with Crippen molar-refractivity contribution in [2.24, 2.45) is 0 Å². The van der Waals surface area contributed by atoms with Crippen molar-refractivity contribution in [3.63, 3.8) is 0 Å². The number of hydrogen-bond acceptors (Lipinski definition) is 4. The molecule has 8 aromatic carbocycles. The summed E-state index contributed by atoms with van der Waals surface area (Å²) in [6, 6.07) is 60.9. The van der Waals surface area contributed by atoms with E-state index in [-0.39, 0.29) is 0 Å². The standard InChI is InChI=1S/C52H28N4OS/c1-2-10-29(11-3-1)32-12-8-13-33(28-32)30-20-22-31(23-21-30)49-44-36-15-5-7-19-43(36)58-51(44)54-52(53-49)56-39-18-9-17-38-45(39)46-40(56)25-27-41-47(46)48-42(57-41)26-24-35-34-14-4-6-16-37(34)55(38)50(35)48/h1-28H. The Labute approximate surface area is 333 Å². The molecule has 5 nitrogen and oxygen atoms in total. The molecule has 0 N–H and O–H groups in total. The summed E-state index contributed by atoms with van der Waals surface area (Å²) in [5, 5.41) is 9.37. The summed E-state index contributed by atoms with van der Waals surface area (Å²) in [5.74, 6) is 0.654. The van der Waals surface area contributed by atoms with Gasteiger partial charge in [0.1, 0.15) is 16.0 Å². The van der Waals surface area contributed by atoms with E-state index in [9.17, 15) is 0 Å². The predicted molar refractivity (Wildman–Crippen MR) is 241 cm³/mol. The maximum atomic E-state index is 6.64. The number of hydrogen-bond donors (Lipinski definition) is 0. The van der Waals surface area contributed by atoms with E-state index in [2.05, 4.69) is 179 Å². The van der Waals surface area contributed by atoms with Crippen LogP contribution in [0.4, 0.5) is 0 Å². The highest BCUT2D eigenvalue weighted by Crippen LogP contribution is 2.49. The highest BCUT2D eigenvalue weighted by Gasteiger charge is 2.27. The Kier molecular flexibility index (Phi) is 5.85. The van der Waals surface area contributed by atoms with Gasteiger partial charge in [0.15, 0.2) is 0 Å². The summed E-state index contributed by atoms with van der Waals surface area (Å²) >= 11 is 1.73. The molecule has 268 valence electrons. The number of thiophene rings is 1. The molecule has 6 aromatic heterocycles. The zero-order valence-corrected chi connectivity index (χ0v) is 31.6. The third-order valence-corrected chi connectivity index (χ3v) is 13.4. The summed E-state index contributed by atoms with van der Waals surface area (Å²) < 4.78 is 12.6. The first-order valence-corrected chi connectivity index (χ1v) is 20.4. The van der Waals surface area contributed by atoms with Gasteiger partial charge in [-0.1, -0.05) is 115 Å². The van der Waals surface area contributed by atoms with Crippen LogP contribution in [0, 0.1) is 0 Å². The van der Waals surface area contributed by atoms with E-state index in [0.717, 1.165) is 65.5 Å². The number of para-hydroxylation sites is 1.